The van der Waals surface area contributed by atoms with Crippen molar-refractivity contribution in [3.8, 4) is 5.75 Å². The number of benzene rings is 3. The molecule has 32 heavy (non-hydrogen) atoms. The number of halogens is 1. The summed E-state index contributed by atoms with van der Waals surface area (Å²) in [7, 11) is 0. The Morgan fingerprint density at radius 1 is 0.938 bits per heavy atom. The summed E-state index contributed by atoms with van der Waals surface area (Å²) < 4.78 is 20.2. The zero-order valence-electron chi connectivity index (χ0n) is 17.7. The van der Waals surface area contributed by atoms with Gasteiger partial charge in [0.2, 0.25) is 0 Å². The largest absolute Gasteiger partial charge is 0.491 e. The van der Waals surface area contributed by atoms with Gasteiger partial charge >= 0.3 is 0 Å². The van der Waals surface area contributed by atoms with E-state index in [0.29, 0.717) is 24.4 Å². The highest BCUT2D eigenvalue weighted by Crippen LogP contribution is 2.20. The molecule has 0 aliphatic carbocycles. The number of hydrogen-bond donors (Lipinski definition) is 1. The van der Waals surface area contributed by atoms with E-state index in [1.54, 1.807) is 41.3 Å². The second-order valence-electron chi connectivity index (χ2n) is 7.68. The molecular weight excluding hydrogens is 407 g/mol. The topological polar surface area (TPSA) is 58.6 Å². The summed E-state index contributed by atoms with van der Waals surface area (Å²) in [5.41, 5.74) is 2.59. The summed E-state index contributed by atoms with van der Waals surface area (Å²) in [5, 5.41) is 2.95. The standard InChI is InChI=1S/C26H25FN2O3/c27-23-13-5-3-11-21(23)26(31)29-16-17-32-24-14-6-4-12-22(24)25(30)28-15-7-10-19-8-1-2-9-20(19)18-29/h1-6,8-9,11-14H,7,10,15-18H2,(H,28,30). The van der Waals surface area contributed by atoms with Crippen LogP contribution in [0.4, 0.5) is 4.39 Å². The minimum atomic E-state index is -0.548. The smallest absolute Gasteiger partial charge is 0.257 e. The third kappa shape index (κ3) is 4.97. The van der Waals surface area contributed by atoms with Gasteiger partial charge in [-0.1, -0.05) is 48.5 Å². The molecule has 0 radical (unpaired) electrons. The van der Waals surface area contributed by atoms with E-state index in [0.717, 1.165) is 24.0 Å². The van der Waals surface area contributed by atoms with E-state index in [1.165, 1.54) is 12.1 Å². The maximum absolute atomic E-state index is 14.4. The molecule has 0 bridgehead atoms. The van der Waals surface area contributed by atoms with Crippen molar-refractivity contribution in [2.45, 2.75) is 19.4 Å². The number of rotatable bonds is 1. The minimum absolute atomic E-state index is 0.0332. The molecule has 1 aliphatic rings. The van der Waals surface area contributed by atoms with Gasteiger partial charge in [-0.2, -0.15) is 0 Å². The first-order valence-corrected chi connectivity index (χ1v) is 10.7. The first kappa shape index (κ1) is 21.6. The van der Waals surface area contributed by atoms with Crippen molar-refractivity contribution in [2.24, 2.45) is 0 Å². The highest BCUT2D eigenvalue weighted by Gasteiger charge is 2.21. The Bertz CT molecular complexity index is 1120. The summed E-state index contributed by atoms with van der Waals surface area (Å²) in [4.78, 5) is 27.5. The highest BCUT2D eigenvalue weighted by molar-refractivity contribution is 5.97. The van der Waals surface area contributed by atoms with Crippen molar-refractivity contribution in [3.05, 3.63) is 101 Å². The number of nitrogens with zero attached hydrogens (tertiary/aromatic N) is 1. The van der Waals surface area contributed by atoms with Crippen LogP contribution < -0.4 is 10.1 Å². The number of carbonyl (C=O) groups excluding carboxylic acids is 2. The van der Waals surface area contributed by atoms with Crippen LogP contribution in [-0.4, -0.2) is 36.4 Å². The van der Waals surface area contributed by atoms with Crippen LogP contribution in [0.3, 0.4) is 0 Å². The van der Waals surface area contributed by atoms with Crippen molar-refractivity contribution in [3.63, 3.8) is 0 Å². The summed E-state index contributed by atoms with van der Waals surface area (Å²) in [5.74, 6) is -0.668. The number of ether oxygens (including phenoxy) is 1. The second kappa shape index (κ2) is 10.1. The Hall–Kier alpha value is -3.67. The van der Waals surface area contributed by atoms with Gasteiger partial charge in [0, 0.05) is 13.1 Å². The normalized spacial score (nSPS) is 14.9. The average molecular weight is 432 g/mol. The number of hydrogen-bond acceptors (Lipinski definition) is 3. The maximum Gasteiger partial charge on any atom is 0.257 e. The molecule has 0 spiro atoms. The van der Waals surface area contributed by atoms with E-state index in [4.69, 9.17) is 4.74 Å². The Balaban J connectivity index is 1.65. The lowest BCUT2D eigenvalue weighted by molar-refractivity contribution is 0.0709. The number of aryl methyl sites for hydroxylation is 1. The Morgan fingerprint density at radius 3 is 2.50 bits per heavy atom. The zero-order valence-corrected chi connectivity index (χ0v) is 17.7. The third-order valence-corrected chi connectivity index (χ3v) is 5.53. The van der Waals surface area contributed by atoms with Gasteiger partial charge in [0.05, 0.1) is 17.7 Å². The van der Waals surface area contributed by atoms with Crippen LogP contribution in [0.25, 0.3) is 0 Å². The lowest BCUT2D eigenvalue weighted by Gasteiger charge is -2.25. The maximum atomic E-state index is 14.4. The molecule has 0 fully saturated rings. The molecule has 1 aliphatic heterocycles. The Kier molecular flexibility index (Phi) is 6.80. The lowest BCUT2D eigenvalue weighted by Crippen LogP contribution is -2.35. The van der Waals surface area contributed by atoms with Crippen LogP contribution in [0.2, 0.25) is 0 Å². The molecule has 0 aromatic heterocycles. The van der Waals surface area contributed by atoms with Crippen LogP contribution in [0.1, 0.15) is 38.3 Å². The Labute approximate surface area is 186 Å². The average Bonchev–Trinajstić information content (AvgIpc) is 2.81. The molecule has 6 heteroatoms. The van der Waals surface area contributed by atoms with Gasteiger partial charge in [-0.05, 0) is 48.2 Å². The fourth-order valence-electron chi connectivity index (χ4n) is 3.84. The fourth-order valence-corrected chi connectivity index (χ4v) is 3.84. The van der Waals surface area contributed by atoms with Crippen molar-refractivity contribution in [1.29, 1.82) is 0 Å². The SMILES string of the molecule is O=C1NCCCc2ccccc2CN(C(=O)c2ccccc2F)CCOc2ccccc21. The van der Waals surface area contributed by atoms with Crippen molar-refractivity contribution in [2.75, 3.05) is 19.7 Å². The monoisotopic (exact) mass is 432 g/mol. The molecule has 0 atom stereocenters. The van der Waals surface area contributed by atoms with Crippen molar-refractivity contribution in [1.82, 2.24) is 10.2 Å². The van der Waals surface area contributed by atoms with Crippen LogP contribution in [0, 0.1) is 5.82 Å². The van der Waals surface area contributed by atoms with E-state index in [-0.39, 0.29) is 30.5 Å². The third-order valence-electron chi connectivity index (χ3n) is 5.53. The molecule has 4 rings (SSSR count). The number of para-hydroxylation sites is 1. The number of amides is 2. The lowest BCUT2D eigenvalue weighted by atomic mass is 10.0. The highest BCUT2D eigenvalue weighted by atomic mass is 19.1. The van der Waals surface area contributed by atoms with Gasteiger partial charge < -0.3 is 15.0 Å². The van der Waals surface area contributed by atoms with E-state index < -0.39 is 5.82 Å². The molecule has 164 valence electrons. The predicted octanol–water partition coefficient (Wildman–Crippen LogP) is 4.22. The van der Waals surface area contributed by atoms with Gasteiger partial charge in [-0.3, -0.25) is 9.59 Å². The second-order valence-corrected chi connectivity index (χ2v) is 7.68. The summed E-state index contributed by atoms with van der Waals surface area (Å²) in [6, 6.07) is 20.9. The van der Waals surface area contributed by atoms with E-state index >= 15 is 0 Å². The molecule has 3 aromatic carbocycles. The molecule has 1 heterocycles. The molecule has 0 unspecified atom stereocenters. The van der Waals surface area contributed by atoms with Crippen LogP contribution in [0.15, 0.2) is 72.8 Å². The van der Waals surface area contributed by atoms with E-state index in [2.05, 4.69) is 5.32 Å². The van der Waals surface area contributed by atoms with Crippen LogP contribution in [0.5, 0.6) is 5.75 Å². The van der Waals surface area contributed by atoms with Gasteiger partial charge in [0.25, 0.3) is 11.8 Å². The molecule has 5 nitrogen and oxygen atoms in total. The van der Waals surface area contributed by atoms with Crippen molar-refractivity contribution < 1.29 is 18.7 Å². The van der Waals surface area contributed by atoms with Crippen LogP contribution >= 0.6 is 0 Å². The number of carbonyl (C=O) groups is 2. The number of nitrogens with one attached hydrogen (secondary N) is 1. The molecule has 1 N–H and O–H groups in total. The van der Waals surface area contributed by atoms with E-state index in [1.807, 2.05) is 24.3 Å². The first-order chi connectivity index (χ1) is 15.6. The predicted molar refractivity (Wildman–Crippen MR) is 120 cm³/mol. The fraction of sp³-hybridized carbons (Fsp3) is 0.231. The molecule has 0 saturated carbocycles. The summed E-state index contributed by atoms with van der Waals surface area (Å²) >= 11 is 0. The number of fused-ring (bicyclic) bond motifs is 2. The Morgan fingerprint density at radius 2 is 1.66 bits per heavy atom. The molecule has 0 saturated heterocycles. The van der Waals surface area contributed by atoms with Crippen molar-refractivity contribution >= 4 is 11.8 Å². The van der Waals surface area contributed by atoms with Gasteiger partial charge in [0.1, 0.15) is 18.2 Å². The molecule has 3 aromatic rings. The summed E-state index contributed by atoms with van der Waals surface area (Å²) in [6.07, 6.45) is 1.52. The van der Waals surface area contributed by atoms with Gasteiger partial charge in [0.15, 0.2) is 0 Å². The zero-order chi connectivity index (χ0) is 22.3. The summed E-state index contributed by atoms with van der Waals surface area (Å²) in [6.45, 7) is 1.30. The van der Waals surface area contributed by atoms with Gasteiger partial charge in [-0.25, -0.2) is 4.39 Å². The molecule has 2 amide bonds. The quantitative estimate of drug-likeness (QED) is 0.626. The molecular formula is C26H25FN2O3. The van der Waals surface area contributed by atoms with Gasteiger partial charge in [-0.15, -0.1) is 0 Å². The first-order valence-electron chi connectivity index (χ1n) is 10.7. The minimum Gasteiger partial charge on any atom is -0.491 e. The van der Waals surface area contributed by atoms with Crippen LogP contribution in [-0.2, 0) is 13.0 Å². The van der Waals surface area contributed by atoms with E-state index in [9.17, 15) is 14.0 Å².